The average Bonchev–Trinajstić information content (AvgIpc) is 2.25. The van der Waals surface area contributed by atoms with Crippen molar-refractivity contribution in [1.82, 2.24) is 0 Å². The highest BCUT2D eigenvalue weighted by Gasteiger charge is 2.24. The first-order valence-electron chi connectivity index (χ1n) is 5.42. The summed E-state index contributed by atoms with van der Waals surface area (Å²) in [6.07, 6.45) is 0. The molecule has 0 unspecified atom stereocenters. The highest BCUT2D eigenvalue weighted by atomic mass is 79.9. The van der Waals surface area contributed by atoms with Gasteiger partial charge in [-0.15, -0.1) is 0 Å². The Morgan fingerprint density at radius 1 is 1.41 bits per heavy atom. The summed E-state index contributed by atoms with van der Waals surface area (Å²) in [4.78, 5) is 11.8. The maximum Gasteiger partial charge on any atom is 0.180 e. The molecule has 0 fully saturated rings. The van der Waals surface area contributed by atoms with Gasteiger partial charge in [0.15, 0.2) is 5.78 Å². The normalized spacial score (nSPS) is 11.4. The van der Waals surface area contributed by atoms with E-state index in [4.69, 9.17) is 10.5 Å². The molecule has 0 aliphatic rings. The Morgan fingerprint density at radius 3 is 2.41 bits per heavy atom. The third kappa shape index (κ3) is 3.07. The highest BCUT2D eigenvalue weighted by molar-refractivity contribution is 9.10. The predicted octanol–water partition coefficient (Wildman–Crippen LogP) is 2.90. The molecule has 17 heavy (non-hydrogen) atoms. The smallest absolute Gasteiger partial charge is 0.180 e. The van der Waals surface area contributed by atoms with Crippen molar-refractivity contribution in [3.63, 3.8) is 0 Å². The fourth-order valence-corrected chi connectivity index (χ4v) is 2.15. The van der Waals surface area contributed by atoms with Gasteiger partial charge in [-0.2, -0.15) is 0 Å². The Labute approximate surface area is 110 Å². The van der Waals surface area contributed by atoms with Gasteiger partial charge in [0.1, 0.15) is 5.75 Å². The molecule has 2 N–H and O–H groups in total. The van der Waals surface area contributed by atoms with Gasteiger partial charge >= 0.3 is 0 Å². The lowest BCUT2D eigenvalue weighted by Crippen LogP contribution is -2.19. The number of hydrogen-bond donors (Lipinski definition) is 1. The first-order valence-corrected chi connectivity index (χ1v) is 6.21. The Kier molecular flexibility index (Phi) is 4.33. The zero-order valence-electron chi connectivity index (χ0n) is 10.6. The summed E-state index contributed by atoms with van der Waals surface area (Å²) in [5.74, 6) is 0.504. The van der Waals surface area contributed by atoms with Gasteiger partial charge in [0.25, 0.3) is 0 Å². The van der Waals surface area contributed by atoms with Crippen molar-refractivity contribution >= 4 is 21.7 Å². The standard InChI is InChI=1S/C13H18BrNO2/c1-13(2,3)10-6-8(14)5-9(11(16)7-15)12(10)17-4/h5-6H,7,15H2,1-4H3. The second-order valence-corrected chi connectivity index (χ2v) is 5.83. The number of carbonyl (C=O) groups excluding carboxylic acids is 1. The minimum absolute atomic E-state index is 0.0175. The third-order valence-electron chi connectivity index (χ3n) is 2.55. The van der Waals surface area contributed by atoms with E-state index >= 15 is 0 Å². The van der Waals surface area contributed by atoms with Gasteiger partial charge in [-0.1, -0.05) is 36.7 Å². The highest BCUT2D eigenvalue weighted by Crippen LogP contribution is 2.36. The van der Waals surface area contributed by atoms with Crippen LogP contribution in [0.3, 0.4) is 0 Å². The lowest BCUT2D eigenvalue weighted by Gasteiger charge is -2.24. The molecule has 1 aromatic carbocycles. The lowest BCUT2D eigenvalue weighted by atomic mass is 9.84. The first kappa shape index (κ1) is 14.2. The van der Waals surface area contributed by atoms with Gasteiger partial charge in [-0.05, 0) is 17.5 Å². The van der Waals surface area contributed by atoms with E-state index in [9.17, 15) is 4.79 Å². The summed E-state index contributed by atoms with van der Waals surface area (Å²) in [6.45, 7) is 6.21. The molecule has 94 valence electrons. The van der Waals surface area contributed by atoms with E-state index < -0.39 is 0 Å². The molecule has 4 heteroatoms. The number of halogens is 1. The molecule has 0 atom stereocenters. The van der Waals surface area contributed by atoms with Crippen LogP contribution in [0.25, 0.3) is 0 Å². The monoisotopic (exact) mass is 299 g/mol. The fourth-order valence-electron chi connectivity index (χ4n) is 1.69. The van der Waals surface area contributed by atoms with Gasteiger partial charge in [0.05, 0.1) is 19.2 Å². The Hall–Kier alpha value is -0.870. The molecule has 0 heterocycles. The first-order chi connectivity index (χ1) is 7.81. The number of ether oxygens (including phenoxy) is 1. The topological polar surface area (TPSA) is 52.3 Å². The number of nitrogens with two attached hydrogens (primary N) is 1. The van der Waals surface area contributed by atoms with Gasteiger partial charge in [-0.3, -0.25) is 4.79 Å². The number of methoxy groups -OCH3 is 1. The molecule has 1 rings (SSSR count). The van der Waals surface area contributed by atoms with Gasteiger partial charge < -0.3 is 10.5 Å². The van der Waals surface area contributed by atoms with Crippen LogP contribution in [-0.2, 0) is 5.41 Å². The molecule has 0 bridgehead atoms. The van der Waals surface area contributed by atoms with Gasteiger partial charge in [-0.25, -0.2) is 0 Å². The molecular formula is C13H18BrNO2. The molecule has 0 spiro atoms. The maximum atomic E-state index is 11.8. The van der Waals surface area contributed by atoms with Crippen molar-refractivity contribution in [2.45, 2.75) is 26.2 Å². The van der Waals surface area contributed by atoms with Crippen LogP contribution in [0.5, 0.6) is 5.75 Å². The van der Waals surface area contributed by atoms with E-state index in [0.717, 1.165) is 10.0 Å². The van der Waals surface area contributed by atoms with Crippen molar-refractivity contribution in [2.75, 3.05) is 13.7 Å². The molecule has 0 saturated heterocycles. The van der Waals surface area contributed by atoms with Crippen molar-refractivity contribution in [2.24, 2.45) is 5.73 Å². The van der Waals surface area contributed by atoms with Gasteiger partial charge in [0, 0.05) is 10.0 Å². The summed E-state index contributed by atoms with van der Waals surface area (Å²) in [6, 6.07) is 3.73. The van der Waals surface area contributed by atoms with Crippen LogP contribution in [0, 0.1) is 0 Å². The maximum absolute atomic E-state index is 11.8. The number of ketones is 1. The van der Waals surface area contributed by atoms with E-state index in [0.29, 0.717) is 11.3 Å². The third-order valence-corrected chi connectivity index (χ3v) is 3.01. The number of hydrogen-bond acceptors (Lipinski definition) is 3. The number of Topliss-reactive ketones (excluding diaryl/α,β-unsaturated/α-hetero) is 1. The zero-order valence-corrected chi connectivity index (χ0v) is 12.2. The van der Waals surface area contributed by atoms with E-state index in [1.807, 2.05) is 6.07 Å². The summed E-state index contributed by atoms with van der Waals surface area (Å²) in [5, 5.41) is 0. The zero-order chi connectivity index (χ0) is 13.2. The lowest BCUT2D eigenvalue weighted by molar-refractivity contribution is 0.0998. The molecular weight excluding hydrogens is 282 g/mol. The van der Waals surface area contributed by atoms with Crippen molar-refractivity contribution in [3.05, 3.63) is 27.7 Å². The Bertz CT molecular complexity index is 436. The quantitative estimate of drug-likeness (QED) is 0.873. The predicted molar refractivity (Wildman–Crippen MR) is 72.8 cm³/mol. The molecule has 0 aliphatic carbocycles. The second-order valence-electron chi connectivity index (χ2n) is 4.91. The van der Waals surface area contributed by atoms with Crippen LogP contribution >= 0.6 is 15.9 Å². The number of benzene rings is 1. The van der Waals surface area contributed by atoms with E-state index in [2.05, 4.69) is 36.7 Å². The number of rotatable bonds is 3. The molecule has 3 nitrogen and oxygen atoms in total. The molecule has 0 aliphatic heterocycles. The van der Waals surface area contributed by atoms with E-state index in [1.165, 1.54) is 0 Å². The SMILES string of the molecule is COc1c(C(=O)CN)cc(Br)cc1C(C)(C)C. The van der Waals surface area contributed by atoms with Crippen LogP contribution in [0.2, 0.25) is 0 Å². The molecule has 0 saturated carbocycles. The second kappa shape index (κ2) is 5.19. The van der Waals surface area contributed by atoms with Crippen LogP contribution in [0.15, 0.2) is 16.6 Å². The summed E-state index contributed by atoms with van der Waals surface area (Å²) in [7, 11) is 1.58. The minimum atomic E-state index is -0.117. The molecule has 1 aromatic rings. The summed E-state index contributed by atoms with van der Waals surface area (Å²) < 4.78 is 6.24. The fraction of sp³-hybridized carbons (Fsp3) is 0.462. The van der Waals surface area contributed by atoms with Crippen molar-refractivity contribution in [3.8, 4) is 5.75 Å². The van der Waals surface area contributed by atoms with Gasteiger partial charge in [0.2, 0.25) is 0 Å². The van der Waals surface area contributed by atoms with Crippen LogP contribution in [0.4, 0.5) is 0 Å². The molecule has 0 radical (unpaired) electrons. The van der Waals surface area contributed by atoms with Crippen molar-refractivity contribution in [1.29, 1.82) is 0 Å². The Morgan fingerprint density at radius 2 is 2.00 bits per heavy atom. The van der Waals surface area contributed by atoms with Crippen LogP contribution < -0.4 is 10.5 Å². The average molecular weight is 300 g/mol. The van der Waals surface area contributed by atoms with E-state index in [-0.39, 0.29) is 17.7 Å². The van der Waals surface area contributed by atoms with Crippen LogP contribution in [-0.4, -0.2) is 19.4 Å². The van der Waals surface area contributed by atoms with Crippen LogP contribution in [0.1, 0.15) is 36.7 Å². The Balaban J connectivity index is 3.52. The summed E-state index contributed by atoms with van der Waals surface area (Å²) in [5.41, 5.74) is 6.85. The largest absolute Gasteiger partial charge is 0.496 e. The molecule has 0 aromatic heterocycles. The van der Waals surface area contributed by atoms with E-state index in [1.54, 1.807) is 13.2 Å². The molecule has 0 amide bonds. The number of carbonyl (C=O) groups is 1. The minimum Gasteiger partial charge on any atom is -0.496 e. The van der Waals surface area contributed by atoms with Crippen molar-refractivity contribution < 1.29 is 9.53 Å². The summed E-state index contributed by atoms with van der Waals surface area (Å²) >= 11 is 3.42.